The summed E-state index contributed by atoms with van der Waals surface area (Å²) in [6.45, 7) is 2.91. The molecule has 9 heteroatoms. The first kappa shape index (κ1) is 19.6. The van der Waals surface area contributed by atoms with Gasteiger partial charge in [0.05, 0.1) is 18.1 Å². The first-order valence-corrected chi connectivity index (χ1v) is 9.99. The molecule has 2 aliphatic rings. The van der Waals surface area contributed by atoms with Crippen LogP contribution in [0.1, 0.15) is 41.1 Å². The SMILES string of the molecule is Cc1nc2n(c1-c1ccc(Oc3ccc(C(F)F)cn3)c(F)c1)CN(CC1CC1)C2=O. The van der Waals surface area contributed by atoms with Crippen LogP contribution in [0.25, 0.3) is 11.3 Å². The van der Waals surface area contributed by atoms with Crippen LogP contribution in [0, 0.1) is 18.7 Å². The average Bonchev–Trinajstić information content (AvgIpc) is 3.44. The number of benzene rings is 1. The predicted molar refractivity (Wildman–Crippen MR) is 105 cm³/mol. The van der Waals surface area contributed by atoms with Crippen LogP contribution in [0.5, 0.6) is 11.6 Å². The maximum atomic E-state index is 14.8. The molecule has 3 aromatic rings. The Morgan fingerprint density at radius 2 is 2.03 bits per heavy atom. The lowest BCUT2D eigenvalue weighted by atomic mass is 10.1. The van der Waals surface area contributed by atoms with Crippen molar-refractivity contribution in [3.63, 3.8) is 0 Å². The fourth-order valence-corrected chi connectivity index (χ4v) is 3.79. The highest BCUT2D eigenvalue weighted by molar-refractivity contribution is 5.94. The Bertz CT molecular complexity index is 1160. The van der Waals surface area contributed by atoms with Crippen LogP contribution >= 0.6 is 0 Å². The second kappa shape index (κ2) is 7.40. The van der Waals surface area contributed by atoms with Crippen molar-refractivity contribution in [2.24, 2.45) is 5.92 Å². The number of halogens is 3. The first-order chi connectivity index (χ1) is 14.9. The Kier molecular flexibility index (Phi) is 4.68. The van der Waals surface area contributed by atoms with Gasteiger partial charge in [-0.2, -0.15) is 0 Å². The second-order valence-electron chi connectivity index (χ2n) is 7.89. The minimum absolute atomic E-state index is 0.0128. The molecular weight excluding hydrogens is 409 g/mol. The van der Waals surface area contributed by atoms with E-state index >= 15 is 0 Å². The highest BCUT2D eigenvalue weighted by Crippen LogP contribution is 2.35. The summed E-state index contributed by atoms with van der Waals surface area (Å²) in [7, 11) is 0. The molecule has 31 heavy (non-hydrogen) atoms. The van der Waals surface area contributed by atoms with E-state index < -0.39 is 12.2 Å². The lowest BCUT2D eigenvalue weighted by molar-refractivity contribution is 0.0758. The van der Waals surface area contributed by atoms with Crippen LogP contribution in [0.4, 0.5) is 13.2 Å². The number of rotatable bonds is 6. The molecule has 0 bridgehead atoms. The zero-order chi connectivity index (χ0) is 21.7. The van der Waals surface area contributed by atoms with Crippen LogP contribution in [-0.4, -0.2) is 31.9 Å². The number of nitrogens with zero attached hydrogens (tertiary/aromatic N) is 4. The van der Waals surface area contributed by atoms with Gasteiger partial charge >= 0.3 is 0 Å². The molecular formula is C22H19F3N4O2. The number of pyridine rings is 1. The van der Waals surface area contributed by atoms with Gasteiger partial charge in [-0.3, -0.25) is 4.79 Å². The van der Waals surface area contributed by atoms with Crippen LogP contribution in [0.2, 0.25) is 0 Å². The van der Waals surface area contributed by atoms with Crippen molar-refractivity contribution in [1.82, 2.24) is 19.4 Å². The number of ether oxygens (including phenoxy) is 1. The Morgan fingerprint density at radius 1 is 1.23 bits per heavy atom. The highest BCUT2D eigenvalue weighted by atomic mass is 19.3. The smallest absolute Gasteiger partial charge is 0.291 e. The summed E-state index contributed by atoms with van der Waals surface area (Å²) >= 11 is 0. The maximum absolute atomic E-state index is 14.8. The van der Waals surface area contributed by atoms with Gasteiger partial charge in [0.15, 0.2) is 11.6 Å². The lowest BCUT2D eigenvalue weighted by Gasteiger charge is -2.16. The fraction of sp³-hybridized carbons (Fsp3) is 0.318. The summed E-state index contributed by atoms with van der Waals surface area (Å²) in [6.07, 6.45) is 0.648. The zero-order valence-corrected chi connectivity index (χ0v) is 16.7. The van der Waals surface area contributed by atoms with E-state index in [9.17, 15) is 18.0 Å². The number of carbonyl (C=O) groups excluding carboxylic acids is 1. The summed E-state index contributed by atoms with van der Waals surface area (Å²) in [6, 6.07) is 6.89. The average molecular weight is 428 g/mol. The minimum atomic E-state index is -2.63. The number of aromatic nitrogens is 3. The van der Waals surface area contributed by atoms with E-state index in [0.717, 1.165) is 25.6 Å². The quantitative estimate of drug-likeness (QED) is 0.558. The van der Waals surface area contributed by atoms with Gasteiger partial charge in [0.2, 0.25) is 11.7 Å². The number of carbonyl (C=O) groups is 1. The van der Waals surface area contributed by atoms with E-state index in [1.165, 1.54) is 24.3 Å². The third kappa shape index (κ3) is 3.64. The molecule has 0 radical (unpaired) electrons. The summed E-state index contributed by atoms with van der Waals surface area (Å²) < 4.78 is 47.3. The maximum Gasteiger partial charge on any atom is 0.291 e. The first-order valence-electron chi connectivity index (χ1n) is 9.99. The third-order valence-electron chi connectivity index (χ3n) is 5.54. The molecule has 0 N–H and O–H groups in total. The van der Waals surface area contributed by atoms with Crippen LogP contribution in [0.3, 0.4) is 0 Å². The molecule has 0 unspecified atom stereocenters. The van der Waals surface area contributed by atoms with Crippen molar-refractivity contribution in [2.75, 3.05) is 6.54 Å². The normalized spacial score (nSPS) is 15.6. The number of amides is 1. The molecule has 160 valence electrons. The Morgan fingerprint density at radius 3 is 2.68 bits per heavy atom. The minimum Gasteiger partial charge on any atom is -0.436 e. The topological polar surface area (TPSA) is 60.2 Å². The van der Waals surface area contributed by atoms with Gasteiger partial charge in [-0.05, 0) is 49.9 Å². The van der Waals surface area contributed by atoms with Crippen molar-refractivity contribution in [1.29, 1.82) is 0 Å². The van der Waals surface area contributed by atoms with E-state index in [0.29, 0.717) is 35.4 Å². The summed E-state index contributed by atoms with van der Waals surface area (Å²) in [5.74, 6) is 0.143. The molecule has 1 fully saturated rings. The Hall–Kier alpha value is -3.36. The molecule has 0 atom stereocenters. The second-order valence-corrected chi connectivity index (χ2v) is 7.89. The molecule has 1 aliphatic carbocycles. The molecule has 0 spiro atoms. The van der Waals surface area contributed by atoms with Crippen molar-refractivity contribution in [3.05, 3.63) is 59.4 Å². The van der Waals surface area contributed by atoms with Crippen LogP contribution < -0.4 is 4.74 Å². The van der Waals surface area contributed by atoms with Crippen molar-refractivity contribution in [2.45, 2.75) is 32.9 Å². The van der Waals surface area contributed by atoms with Gasteiger partial charge in [0, 0.05) is 29.9 Å². The summed E-state index contributed by atoms with van der Waals surface area (Å²) in [5, 5.41) is 0. The standard InChI is InChI=1S/C22H19F3N4O2/c1-12-19(29-11-28(10-13-2-3-13)22(30)21(29)27-12)14-4-6-17(16(23)8-14)31-18-7-5-15(9-26-18)20(24)25/h4-9,13,20H,2-3,10-11H2,1H3. The third-order valence-corrected chi connectivity index (χ3v) is 5.54. The van der Waals surface area contributed by atoms with Crippen LogP contribution in [-0.2, 0) is 6.67 Å². The zero-order valence-electron chi connectivity index (χ0n) is 16.7. The molecule has 1 aromatic carbocycles. The monoisotopic (exact) mass is 428 g/mol. The van der Waals surface area contributed by atoms with E-state index in [1.807, 2.05) is 4.57 Å². The van der Waals surface area contributed by atoms with Gasteiger partial charge in [-0.1, -0.05) is 0 Å². The molecule has 3 heterocycles. The van der Waals surface area contributed by atoms with Crippen molar-refractivity contribution in [3.8, 4) is 22.9 Å². The number of imidazole rings is 1. The molecule has 6 nitrogen and oxygen atoms in total. The van der Waals surface area contributed by atoms with E-state index in [2.05, 4.69) is 9.97 Å². The molecule has 1 saturated carbocycles. The van der Waals surface area contributed by atoms with E-state index in [1.54, 1.807) is 17.9 Å². The van der Waals surface area contributed by atoms with E-state index in [4.69, 9.17) is 4.74 Å². The van der Waals surface area contributed by atoms with Gasteiger partial charge in [-0.15, -0.1) is 0 Å². The van der Waals surface area contributed by atoms with E-state index in [-0.39, 0.29) is 23.1 Å². The van der Waals surface area contributed by atoms with Crippen molar-refractivity contribution >= 4 is 5.91 Å². The predicted octanol–water partition coefficient (Wildman–Crippen LogP) is 4.95. The molecule has 5 rings (SSSR count). The van der Waals surface area contributed by atoms with Gasteiger partial charge in [0.25, 0.3) is 12.3 Å². The molecule has 1 aliphatic heterocycles. The van der Waals surface area contributed by atoms with Gasteiger partial charge < -0.3 is 14.2 Å². The molecule has 0 saturated heterocycles. The van der Waals surface area contributed by atoms with Crippen molar-refractivity contribution < 1.29 is 22.7 Å². The molecule has 1 amide bonds. The number of hydrogen-bond donors (Lipinski definition) is 0. The number of aryl methyl sites for hydroxylation is 1. The number of alkyl halides is 2. The lowest BCUT2D eigenvalue weighted by Crippen LogP contribution is -2.27. The largest absolute Gasteiger partial charge is 0.436 e. The summed E-state index contributed by atoms with van der Waals surface area (Å²) in [5.41, 5.74) is 1.67. The Balaban J connectivity index is 1.39. The number of fused-ring (bicyclic) bond motifs is 1. The van der Waals surface area contributed by atoms with Gasteiger partial charge in [-0.25, -0.2) is 23.1 Å². The molecule has 2 aromatic heterocycles. The highest BCUT2D eigenvalue weighted by Gasteiger charge is 2.36. The van der Waals surface area contributed by atoms with Crippen LogP contribution in [0.15, 0.2) is 36.5 Å². The van der Waals surface area contributed by atoms with Gasteiger partial charge in [0.1, 0.15) is 0 Å². The summed E-state index contributed by atoms with van der Waals surface area (Å²) in [4.78, 5) is 22.6. The Labute approximate surface area is 176 Å². The fourth-order valence-electron chi connectivity index (χ4n) is 3.79. The number of hydrogen-bond acceptors (Lipinski definition) is 4.